The van der Waals surface area contributed by atoms with E-state index in [0.717, 1.165) is 34.1 Å². The number of fused-ring (bicyclic) bond motifs is 3. The van der Waals surface area contributed by atoms with Crippen molar-refractivity contribution in [2.75, 3.05) is 21.3 Å². The fourth-order valence-electron chi connectivity index (χ4n) is 4.21. The number of aryl methyl sites for hydroxylation is 1. The number of ether oxygens (including phenoxy) is 4. The molecule has 0 bridgehead atoms. The van der Waals surface area contributed by atoms with Gasteiger partial charge in [0.15, 0.2) is 23.0 Å². The topological polar surface area (TPSA) is 65.7 Å². The third kappa shape index (κ3) is 3.17. The summed E-state index contributed by atoms with van der Waals surface area (Å²) < 4.78 is 28.8. The van der Waals surface area contributed by atoms with Crippen LogP contribution in [0.4, 0.5) is 0 Å². The average Bonchev–Trinajstić information content (AvgIpc) is 3.44. The molecule has 2 atom stereocenters. The monoisotopic (exact) mass is 420 g/mol. The van der Waals surface area contributed by atoms with Gasteiger partial charge in [-0.1, -0.05) is 12.1 Å². The molecule has 5 rings (SSSR count). The molecule has 0 amide bonds. The van der Waals surface area contributed by atoms with Crippen molar-refractivity contribution in [2.45, 2.75) is 25.6 Å². The predicted octanol–water partition coefficient (Wildman–Crippen LogP) is 4.86. The number of methoxy groups -OCH3 is 3. The van der Waals surface area contributed by atoms with Crippen molar-refractivity contribution in [1.29, 1.82) is 0 Å². The Morgan fingerprint density at radius 1 is 0.935 bits per heavy atom. The maximum atomic E-state index is 6.48. The lowest BCUT2D eigenvalue weighted by Crippen LogP contribution is -2.33. The molecule has 160 valence electrons. The average molecular weight is 420 g/mol. The van der Waals surface area contributed by atoms with Crippen LogP contribution in [0.5, 0.6) is 23.0 Å². The van der Waals surface area contributed by atoms with E-state index < -0.39 is 6.23 Å². The summed E-state index contributed by atoms with van der Waals surface area (Å²) in [6.07, 6.45) is 0.252. The van der Waals surface area contributed by atoms with Crippen molar-refractivity contribution < 1.29 is 23.4 Å². The number of para-hydroxylation sites is 1. The molecule has 1 aromatic heterocycles. The van der Waals surface area contributed by atoms with Crippen molar-refractivity contribution in [2.24, 2.45) is 5.10 Å². The van der Waals surface area contributed by atoms with Crippen molar-refractivity contribution in [1.82, 2.24) is 5.01 Å². The van der Waals surface area contributed by atoms with Gasteiger partial charge in [0.1, 0.15) is 17.2 Å². The number of hydrogen-bond donors (Lipinski definition) is 0. The zero-order valence-corrected chi connectivity index (χ0v) is 17.9. The van der Waals surface area contributed by atoms with E-state index in [4.69, 9.17) is 28.5 Å². The van der Waals surface area contributed by atoms with Gasteiger partial charge >= 0.3 is 0 Å². The smallest absolute Gasteiger partial charge is 0.214 e. The van der Waals surface area contributed by atoms with Crippen molar-refractivity contribution in [3.05, 3.63) is 71.2 Å². The molecule has 31 heavy (non-hydrogen) atoms. The number of rotatable bonds is 5. The second kappa shape index (κ2) is 7.58. The summed E-state index contributed by atoms with van der Waals surface area (Å²) in [5.41, 5.74) is 2.83. The quantitative estimate of drug-likeness (QED) is 0.588. The van der Waals surface area contributed by atoms with E-state index >= 15 is 0 Å². The molecule has 0 radical (unpaired) electrons. The first kappa shape index (κ1) is 19.4. The number of nitrogens with zero attached hydrogens (tertiary/aromatic N) is 2. The standard InChI is InChI=1S/C24H24N2O5/c1-14-8-10-19(30-14)17-13-18-16-6-5-7-21(28-3)23(16)31-24(26(18)25-17)15-9-11-20(27-2)22(12-15)29-4/h5-12,18,24H,13H2,1-4H3/t18-,24-/m0/s1. The van der Waals surface area contributed by atoms with Gasteiger partial charge in [0.25, 0.3) is 0 Å². The van der Waals surface area contributed by atoms with Crippen LogP contribution in [0.15, 0.2) is 58.0 Å². The number of hydrogen-bond acceptors (Lipinski definition) is 7. The molecule has 0 saturated carbocycles. The molecule has 7 nitrogen and oxygen atoms in total. The van der Waals surface area contributed by atoms with E-state index in [9.17, 15) is 0 Å². The molecule has 3 aromatic rings. The minimum atomic E-state index is -0.456. The van der Waals surface area contributed by atoms with Crippen LogP contribution in [0.3, 0.4) is 0 Å². The summed E-state index contributed by atoms with van der Waals surface area (Å²) in [6, 6.07) is 15.6. The second-order valence-electron chi connectivity index (χ2n) is 7.52. The third-order valence-electron chi connectivity index (χ3n) is 5.72. The van der Waals surface area contributed by atoms with Crippen LogP contribution in [0.25, 0.3) is 0 Å². The zero-order valence-electron chi connectivity index (χ0n) is 17.9. The van der Waals surface area contributed by atoms with Gasteiger partial charge in [-0.2, -0.15) is 5.10 Å². The van der Waals surface area contributed by atoms with E-state index in [-0.39, 0.29) is 6.04 Å². The van der Waals surface area contributed by atoms with E-state index in [1.54, 1.807) is 21.3 Å². The Bertz CT molecular complexity index is 1150. The molecule has 0 unspecified atom stereocenters. The highest BCUT2D eigenvalue weighted by molar-refractivity contribution is 5.99. The second-order valence-corrected chi connectivity index (χ2v) is 7.52. The molecule has 2 aliphatic heterocycles. The highest BCUT2D eigenvalue weighted by Crippen LogP contribution is 2.51. The van der Waals surface area contributed by atoms with Crippen molar-refractivity contribution in [3.8, 4) is 23.0 Å². The summed E-state index contributed by atoms with van der Waals surface area (Å²) in [5.74, 6) is 4.37. The fraction of sp³-hybridized carbons (Fsp3) is 0.292. The van der Waals surface area contributed by atoms with Gasteiger partial charge in [0.2, 0.25) is 6.23 Å². The van der Waals surface area contributed by atoms with E-state index in [1.165, 1.54) is 0 Å². The molecule has 0 N–H and O–H groups in total. The summed E-state index contributed by atoms with van der Waals surface area (Å²) in [7, 11) is 4.89. The minimum Gasteiger partial charge on any atom is -0.493 e. The minimum absolute atomic E-state index is 0.00245. The van der Waals surface area contributed by atoms with Crippen molar-refractivity contribution in [3.63, 3.8) is 0 Å². The first-order valence-electron chi connectivity index (χ1n) is 10.1. The Balaban J connectivity index is 1.62. The summed E-state index contributed by atoms with van der Waals surface area (Å²) >= 11 is 0. The Morgan fingerprint density at radius 3 is 2.45 bits per heavy atom. The van der Waals surface area contributed by atoms with Crippen LogP contribution in [0.1, 0.15) is 41.3 Å². The van der Waals surface area contributed by atoms with E-state index in [2.05, 4.69) is 6.07 Å². The molecule has 0 aliphatic carbocycles. The van der Waals surface area contributed by atoms with Gasteiger partial charge in [-0.15, -0.1) is 0 Å². The largest absolute Gasteiger partial charge is 0.493 e. The van der Waals surface area contributed by atoms with Gasteiger partial charge in [0.05, 0.1) is 27.4 Å². The lowest BCUT2D eigenvalue weighted by atomic mass is 9.97. The molecule has 7 heteroatoms. The molecule has 2 aliphatic rings. The van der Waals surface area contributed by atoms with Gasteiger partial charge in [-0.3, -0.25) is 0 Å². The summed E-state index contributed by atoms with van der Waals surface area (Å²) in [5, 5.41) is 6.92. The molecular weight excluding hydrogens is 396 g/mol. The third-order valence-corrected chi connectivity index (χ3v) is 5.72. The van der Waals surface area contributed by atoms with Crippen LogP contribution in [-0.2, 0) is 0 Å². The Hall–Kier alpha value is -3.61. The molecule has 0 fully saturated rings. The highest BCUT2D eigenvalue weighted by atomic mass is 16.5. The molecule has 0 saturated heterocycles. The fourth-order valence-corrected chi connectivity index (χ4v) is 4.21. The van der Waals surface area contributed by atoms with Gasteiger partial charge in [-0.05, 0) is 43.3 Å². The Morgan fingerprint density at radius 2 is 1.74 bits per heavy atom. The van der Waals surface area contributed by atoms with E-state index in [1.807, 2.05) is 54.4 Å². The normalized spacial score (nSPS) is 19.2. The molecule has 3 heterocycles. The highest BCUT2D eigenvalue weighted by Gasteiger charge is 2.42. The molecular formula is C24H24N2O5. The van der Waals surface area contributed by atoms with Gasteiger partial charge in [0, 0.05) is 17.5 Å². The Labute approximate surface area is 180 Å². The lowest BCUT2D eigenvalue weighted by molar-refractivity contribution is -0.0210. The van der Waals surface area contributed by atoms with Gasteiger partial charge < -0.3 is 23.4 Å². The number of hydrazone groups is 1. The summed E-state index contributed by atoms with van der Waals surface area (Å²) in [6.45, 7) is 1.93. The molecule has 0 spiro atoms. The Kier molecular flexibility index (Phi) is 4.73. The number of benzene rings is 2. The van der Waals surface area contributed by atoms with Crippen LogP contribution < -0.4 is 18.9 Å². The van der Waals surface area contributed by atoms with Crippen LogP contribution in [-0.4, -0.2) is 32.0 Å². The van der Waals surface area contributed by atoms with Crippen LogP contribution in [0.2, 0.25) is 0 Å². The van der Waals surface area contributed by atoms with Crippen molar-refractivity contribution >= 4 is 5.71 Å². The maximum absolute atomic E-state index is 6.48. The molecule has 2 aromatic carbocycles. The number of furan rings is 1. The summed E-state index contributed by atoms with van der Waals surface area (Å²) in [4.78, 5) is 0. The SMILES string of the molecule is COc1ccc([C@@H]2Oc3c(OC)cccc3[C@@H]3CC(c4ccc(C)o4)=NN32)cc1OC. The zero-order chi connectivity index (χ0) is 21.5. The lowest BCUT2D eigenvalue weighted by Gasteiger charge is -2.38. The van der Waals surface area contributed by atoms with Crippen LogP contribution in [0, 0.1) is 6.92 Å². The predicted molar refractivity (Wildman–Crippen MR) is 115 cm³/mol. The first-order chi connectivity index (χ1) is 15.1. The first-order valence-corrected chi connectivity index (χ1v) is 10.1. The van der Waals surface area contributed by atoms with Gasteiger partial charge in [-0.25, -0.2) is 5.01 Å². The van der Waals surface area contributed by atoms with E-state index in [0.29, 0.717) is 23.7 Å². The van der Waals surface area contributed by atoms with Crippen LogP contribution >= 0.6 is 0 Å². The maximum Gasteiger partial charge on any atom is 0.214 e.